The van der Waals surface area contributed by atoms with Gasteiger partial charge in [-0.3, -0.25) is 4.57 Å². The molecule has 0 bridgehead atoms. The van der Waals surface area contributed by atoms with Crippen molar-refractivity contribution in [3.8, 4) is 11.4 Å². The molecule has 0 saturated heterocycles. The Labute approximate surface area is 130 Å². The lowest BCUT2D eigenvalue weighted by atomic mass is 10.2. The van der Waals surface area contributed by atoms with Gasteiger partial charge in [0.15, 0.2) is 4.77 Å². The fraction of sp³-hybridized carbons (Fsp3) is 0.0714. The van der Waals surface area contributed by atoms with Crippen molar-refractivity contribution in [3.05, 3.63) is 51.2 Å². The number of ether oxygens (including phenoxy) is 1. The number of methoxy groups -OCH3 is 1. The van der Waals surface area contributed by atoms with Gasteiger partial charge in [-0.2, -0.15) is 0 Å². The molecule has 0 radical (unpaired) electrons. The third-order valence-corrected chi connectivity index (χ3v) is 3.88. The van der Waals surface area contributed by atoms with Crippen molar-refractivity contribution < 1.29 is 4.74 Å². The number of hydrogen-bond acceptors (Lipinski definition) is 2. The number of H-pyrrole nitrogens is 1. The summed E-state index contributed by atoms with van der Waals surface area (Å²) >= 11 is 17.7. The molecule has 0 aliphatic rings. The molecule has 3 rings (SSSR count). The topological polar surface area (TPSA) is 29.9 Å². The molecule has 0 aliphatic heterocycles. The van der Waals surface area contributed by atoms with Crippen molar-refractivity contribution in [1.29, 1.82) is 0 Å². The normalized spacial score (nSPS) is 10.9. The van der Waals surface area contributed by atoms with E-state index in [0.29, 0.717) is 20.6 Å². The third-order valence-electron chi connectivity index (χ3n) is 3.04. The molecule has 1 heterocycles. The molecule has 0 unspecified atom stereocenters. The predicted octanol–water partition coefficient (Wildman–Crippen LogP) is 5.00. The summed E-state index contributed by atoms with van der Waals surface area (Å²) in [6, 6.07) is 11.0. The van der Waals surface area contributed by atoms with Crippen molar-refractivity contribution in [2.45, 2.75) is 0 Å². The molecule has 20 heavy (non-hydrogen) atoms. The highest BCUT2D eigenvalue weighted by atomic mass is 35.5. The van der Waals surface area contributed by atoms with Crippen molar-refractivity contribution in [2.24, 2.45) is 0 Å². The van der Waals surface area contributed by atoms with Crippen molar-refractivity contribution in [3.63, 3.8) is 0 Å². The molecule has 0 atom stereocenters. The number of benzene rings is 2. The van der Waals surface area contributed by atoms with Crippen LogP contribution in [0.4, 0.5) is 0 Å². The maximum atomic E-state index is 6.29. The largest absolute Gasteiger partial charge is 0.497 e. The molecule has 2 aromatic carbocycles. The van der Waals surface area contributed by atoms with E-state index in [9.17, 15) is 0 Å². The second kappa shape index (κ2) is 5.13. The Kier molecular flexibility index (Phi) is 3.46. The lowest BCUT2D eigenvalue weighted by molar-refractivity contribution is 0.414. The molecule has 1 N–H and O–H groups in total. The number of hydrogen-bond donors (Lipinski definition) is 1. The van der Waals surface area contributed by atoms with Crippen molar-refractivity contribution in [2.75, 3.05) is 7.11 Å². The van der Waals surface area contributed by atoms with Crippen LogP contribution in [-0.2, 0) is 0 Å². The summed E-state index contributed by atoms with van der Waals surface area (Å²) in [7, 11) is 1.61. The van der Waals surface area contributed by atoms with E-state index in [2.05, 4.69) is 4.98 Å². The summed E-state index contributed by atoms with van der Waals surface area (Å²) in [5, 5.41) is 1.22. The second-order valence-corrected chi connectivity index (χ2v) is 5.47. The molecule has 3 aromatic rings. The Morgan fingerprint density at radius 2 is 1.95 bits per heavy atom. The van der Waals surface area contributed by atoms with Gasteiger partial charge in [0, 0.05) is 11.1 Å². The van der Waals surface area contributed by atoms with Gasteiger partial charge >= 0.3 is 0 Å². The fourth-order valence-corrected chi connectivity index (χ4v) is 2.78. The van der Waals surface area contributed by atoms with Crippen LogP contribution >= 0.6 is 35.4 Å². The van der Waals surface area contributed by atoms with Gasteiger partial charge in [-0.05, 0) is 42.5 Å². The Balaban J connectivity index is 2.37. The van der Waals surface area contributed by atoms with Gasteiger partial charge < -0.3 is 9.72 Å². The van der Waals surface area contributed by atoms with Crippen LogP contribution in [0.5, 0.6) is 5.75 Å². The van der Waals surface area contributed by atoms with E-state index < -0.39 is 0 Å². The highest BCUT2D eigenvalue weighted by Crippen LogP contribution is 2.30. The molecule has 6 heteroatoms. The number of aromatic nitrogens is 2. The van der Waals surface area contributed by atoms with Gasteiger partial charge in [0.1, 0.15) is 5.75 Å². The molecular weight excluding hydrogens is 315 g/mol. The molecule has 1 aromatic heterocycles. The summed E-state index contributed by atoms with van der Waals surface area (Å²) in [6.07, 6.45) is 0. The minimum atomic E-state index is 0.553. The van der Waals surface area contributed by atoms with Crippen LogP contribution in [-0.4, -0.2) is 16.7 Å². The molecule has 0 amide bonds. The van der Waals surface area contributed by atoms with Crippen molar-refractivity contribution >= 4 is 46.5 Å². The quantitative estimate of drug-likeness (QED) is 0.672. The zero-order chi connectivity index (χ0) is 14.3. The Hall–Kier alpha value is -1.49. The number of fused-ring (bicyclic) bond motifs is 1. The van der Waals surface area contributed by atoms with Crippen LogP contribution in [0.3, 0.4) is 0 Å². The number of imidazole rings is 1. The lowest BCUT2D eigenvalue weighted by Gasteiger charge is -2.09. The summed E-state index contributed by atoms with van der Waals surface area (Å²) in [5.41, 5.74) is 2.53. The zero-order valence-corrected chi connectivity index (χ0v) is 12.8. The molecule has 102 valence electrons. The SMILES string of the molecule is COc1ccc(Cl)c(-n2c(=S)[nH]c3ccc(Cl)cc32)c1. The van der Waals surface area contributed by atoms with Gasteiger partial charge in [0.05, 0.1) is 28.9 Å². The minimum absolute atomic E-state index is 0.553. The minimum Gasteiger partial charge on any atom is -0.497 e. The lowest BCUT2D eigenvalue weighted by Crippen LogP contribution is -1.96. The van der Waals surface area contributed by atoms with Crippen LogP contribution in [0.15, 0.2) is 36.4 Å². The Bertz CT molecular complexity index is 854. The molecule has 0 aliphatic carbocycles. The Morgan fingerprint density at radius 1 is 1.15 bits per heavy atom. The van der Waals surface area contributed by atoms with Crippen LogP contribution < -0.4 is 4.74 Å². The summed E-state index contributed by atoms with van der Waals surface area (Å²) in [5.74, 6) is 0.711. The number of halogens is 2. The standard InChI is InChI=1S/C14H10Cl2N2OS/c1-19-9-3-4-10(16)12(7-9)18-13-6-8(15)2-5-11(13)17-14(18)20/h2-7H,1H3,(H,17,20). The molecule has 3 nitrogen and oxygen atoms in total. The first-order valence-electron chi connectivity index (χ1n) is 5.84. The number of nitrogens with one attached hydrogen (secondary N) is 1. The highest BCUT2D eigenvalue weighted by molar-refractivity contribution is 7.71. The predicted molar refractivity (Wildman–Crippen MR) is 85.0 cm³/mol. The van der Waals surface area contributed by atoms with Crippen LogP contribution in [0.25, 0.3) is 16.7 Å². The van der Waals surface area contributed by atoms with E-state index in [0.717, 1.165) is 16.7 Å². The third kappa shape index (κ3) is 2.20. The van der Waals surface area contributed by atoms with E-state index in [1.54, 1.807) is 19.2 Å². The van der Waals surface area contributed by atoms with Gasteiger partial charge in [-0.15, -0.1) is 0 Å². The van der Waals surface area contributed by atoms with E-state index in [4.69, 9.17) is 40.2 Å². The zero-order valence-electron chi connectivity index (χ0n) is 10.5. The smallest absolute Gasteiger partial charge is 0.182 e. The van der Waals surface area contributed by atoms with Crippen molar-refractivity contribution in [1.82, 2.24) is 9.55 Å². The molecule has 0 fully saturated rings. The van der Waals surface area contributed by atoms with Gasteiger partial charge in [0.2, 0.25) is 0 Å². The number of aromatic amines is 1. The first-order valence-corrected chi connectivity index (χ1v) is 7.01. The number of nitrogens with zero attached hydrogens (tertiary/aromatic N) is 1. The number of rotatable bonds is 2. The van der Waals surface area contributed by atoms with E-state index in [1.807, 2.05) is 28.8 Å². The molecular formula is C14H10Cl2N2OS. The molecule has 0 saturated carbocycles. The summed E-state index contributed by atoms with van der Waals surface area (Å²) < 4.78 is 7.64. The van der Waals surface area contributed by atoms with E-state index in [-0.39, 0.29) is 0 Å². The van der Waals surface area contributed by atoms with Gasteiger partial charge in [-0.25, -0.2) is 0 Å². The monoisotopic (exact) mass is 324 g/mol. The van der Waals surface area contributed by atoms with Gasteiger partial charge in [-0.1, -0.05) is 23.2 Å². The second-order valence-electron chi connectivity index (χ2n) is 4.24. The first kappa shape index (κ1) is 13.5. The average molecular weight is 325 g/mol. The van der Waals surface area contributed by atoms with E-state index >= 15 is 0 Å². The average Bonchev–Trinajstić information content (AvgIpc) is 2.75. The first-order chi connectivity index (χ1) is 9.60. The van der Waals surface area contributed by atoms with Gasteiger partial charge in [0.25, 0.3) is 0 Å². The Morgan fingerprint density at radius 3 is 2.70 bits per heavy atom. The van der Waals surface area contributed by atoms with Crippen LogP contribution in [0.1, 0.15) is 0 Å². The molecule has 0 spiro atoms. The summed E-state index contributed by atoms with van der Waals surface area (Å²) in [4.78, 5) is 3.14. The van der Waals surface area contributed by atoms with Crippen LogP contribution in [0, 0.1) is 4.77 Å². The van der Waals surface area contributed by atoms with E-state index in [1.165, 1.54) is 0 Å². The summed E-state index contributed by atoms with van der Waals surface area (Å²) in [6.45, 7) is 0. The van der Waals surface area contributed by atoms with Crippen LogP contribution in [0.2, 0.25) is 10.0 Å². The highest BCUT2D eigenvalue weighted by Gasteiger charge is 2.11. The maximum absolute atomic E-state index is 6.29. The fourth-order valence-electron chi connectivity index (χ4n) is 2.11. The maximum Gasteiger partial charge on any atom is 0.182 e.